The Morgan fingerprint density at radius 3 is 1.20 bits per heavy atom. The van der Waals surface area contributed by atoms with Gasteiger partial charge in [-0.05, 0) is 33.4 Å². The number of primary amides is 1. The molecule has 7 rings (SSSR count). The zero-order chi connectivity index (χ0) is 33.5. The fourth-order valence-electron chi connectivity index (χ4n) is 7.15. The molecule has 0 saturated carbocycles. The minimum absolute atomic E-state index is 0.283. The first-order chi connectivity index (χ1) is 24.1. The fraction of sp³-hybridized carbons (Fsp3) is 0.0909. The van der Waals surface area contributed by atoms with Crippen LogP contribution < -0.4 is 11.1 Å². The van der Waals surface area contributed by atoms with Crippen molar-refractivity contribution in [2.24, 2.45) is 5.73 Å². The Bertz CT molecular complexity index is 1890. The van der Waals surface area contributed by atoms with Crippen molar-refractivity contribution in [2.45, 2.75) is 23.5 Å². The van der Waals surface area contributed by atoms with E-state index in [-0.39, 0.29) is 6.42 Å². The van der Waals surface area contributed by atoms with E-state index in [0.717, 1.165) is 39.1 Å². The zero-order valence-electron chi connectivity index (χ0n) is 27.1. The van der Waals surface area contributed by atoms with Crippen LogP contribution in [0.15, 0.2) is 195 Å². The van der Waals surface area contributed by atoms with Crippen molar-refractivity contribution in [3.8, 4) is 0 Å². The van der Waals surface area contributed by atoms with Crippen LogP contribution in [0.1, 0.15) is 39.1 Å². The molecule has 1 aromatic heterocycles. The maximum absolute atomic E-state index is 13.5. The number of benzene rings is 6. The van der Waals surface area contributed by atoms with Crippen LogP contribution >= 0.6 is 0 Å². The molecule has 49 heavy (non-hydrogen) atoms. The minimum atomic E-state index is -0.867. The molecule has 1 heterocycles. The molecule has 6 aromatic carbocycles. The number of nitrogens with two attached hydrogens (primary N) is 1. The molecule has 0 radical (unpaired) electrons. The second-order valence-corrected chi connectivity index (χ2v) is 12.2. The first-order valence-electron chi connectivity index (χ1n) is 16.6. The number of imidazole rings is 1. The summed E-state index contributed by atoms with van der Waals surface area (Å²) in [5.74, 6) is -0.456. The van der Waals surface area contributed by atoms with Gasteiger partial charge in [0.05, 0.1) is 23.6 Å². The minimum Gasteiger partial charge on any atom is -0.368 e. The molecule has 240 valence electrons. The van der Waals surface area contributed by atoms with Crippen LogP contribution in [0.5, 0.6) is 0 Å². The van der Waals surface area contributed by atoms with E-state index < -0.39 is 23.0 Å². The molecule has 0 spiro atoms. The van der Waals surface area contributed by atoms with E-state index in [2.05, 4.69) is 125 Å². The second-order valence-electron chi connectivity index (χ2n) is 12.2. The molecule has 0 fully saturated rings. The van der Waals surface area contributed by atoms with Gasteiger partial charge in [-0.2, -0.15) is 0 Å². The molecule has 0 bridgehead atoms. The number of hydrogen-bond acceptors (Lipinski definition) is 3. The third kappa shape index (κ3) is 5.97. The van der Waals surface area contributed by atoms with Gasteiger partial charge in [-0.25, -0.2) is 4.98 Å². The van der Waals surface area contributed by atoms with Gasteiger partial charge < -0.3 is 10.3 Å². The number of nitrogens with zero attached hydrogens (tertiary/aromatic N) is 2. The number of amides is 1. The highest BCUT2D eigenvalue weighted by atomic mass is 16.1. The third-order valence-electron chi connectivity index (χ3n) is 9.37. The first kappa shape index (κ1) is 31.6. The molecule has 1 amide bonds. The van der Waals surface area contributed by atoms with Crippen molar-refractivity contribution in [1.82, 2.24) is 14.9 Å². The fourth-order valence-corrected chi connectivity index (χ4v) is 7.15. The Hall–Kier alpha value is -6.04. The van der Waals surface area contributed by atoms with Gasteiger partial charge in [-0.1, -0.05) is 182 Å². The van der Waals surface area contributed by atoms with Gasteiger partial charge in [0.2, 0.25) is 5.91 Å². The van der Waals surface area contributed by atoms with Crippen molar-refractivity contribution >= 4 is 5.91 Å². The third-order valence-corrected chi connectivity index (χ3v) is 9.37. The topological polar surface area (TPSA) is 72.9 Å². The molecular formula is C44H38N4O. The molecule has 0 aliphatic heterocycles. The van der Waals surface area contributed by atoms with E-state index >= 15 is 0 Å². The Balaban J connectivity index is 1.35. The highest BCUT2D eigenvalue weighted by Gasteiger charge is 2.41. The summed E-state index contributed by atoms with van der Waals surface area (Å²) >= 11 is 0. The molecule has 3 N–H and O–H groups in total. The van der Waals surface area contributed by atoms with Gasteiger partial charge in [-0.3, -0.25) is 10.1 Å². The van der Waals surface area contributed by atoms with Crippen LogP contribution in [0.2, 0.25) is 0 Å². The smallest absolute Gasteiger partial charge is 0.235 e. The van der Waals surface area contributed by atoms with E-state index in [1.165, 1.54) is 0 Å². The van der Waals surface area contributed by atoms with Gasteiger partial charge >= 0.3 is 0 Å². The monoisotopic (exact) mass is 638 g/mol. The molecule has 1 atom stereocenters. The Morgan fingerprint density at radius 1 is 0.551 bits per heavy atom. The summed E-state index contributed by atoms with van der Waals surface area (Å²) in [7, 11) is 0. The lowest BCUT2D eigenvalue weighted by Gasteiger charge is -2.39. The SMILES string of the molecule is NC(=O)C(Cc1cn(C(c2ccccc2)(c2ccccc2)c2ccccc2)cn1)NC(c1ccccc1)(c1ccccc1)c1ccccc1. The summed E-state index contributed by atoms with van der Waals surface area (Å²) in [5.41, 5.74) is 11.7. The van der Waals surface area contributed by atoms with E-state index in [1.54, 1.807) is 0 Å². The van der Waals surface area contributed by atoms with Gasteiger partial charge in [0.15, 0.2) is 0 Å². The van der Waals surface area contributed by atoms with Crippen LogP contribution in [0.3, 0.4) is 0 Å². The molecular weight excluding hydrogens is 601 g/mol. The molecule has 7 aromatic rings. The average molecular weight is 639 g/mol. The van der Waals surface area contributed by atoms with Gasteiger partial charge in [0, 0.05) is 12.6 Å². The lowest BCUT2D eigenvalue weighted by atomic mass is 9.76. The number of carbonyl (C=O) groups is 1. The molecule has 5 nitrogen and oxygen atoms in total. The summed E-state index contributed by atoms with van der Waals surface area (Å²) in [6.45, 7) is 0. The highest BCUT2D eigenvalue weighted by Crippen LogP contribution is 2.41. The predicted octanol–water partition coefficient (Wildman–Crippen LogP) is 7.70. The van der Waals surface area contributed by atoms with E-state index in [9.17, 15) is 4.79 Å². The molecule has 0 saturated heterocycles. The van der Waals surface area contributed by atoms with Crippen LogP contribution in [0.4, 0.5) is 0 Å². The number of rotatable bonds is 12. The quantitative estimate of drug-likeness (QED) is 0.135. The average Bonchev–Trinajstić information content (AvgIpc) is 3.64. The second kappa shape index (κ2) is 14.0. The van der Waals surface area contributed by atoms with Crippen molar-refractivity contribution < 1.29 is 4.79 Å². The van der Waals surface area contributed by atoms with Gasteiger partial charge in [-0.15, -0.1) is 0 Å². The largest absolute Gasteiger partial charge is 0.368 e. The van der Waals surface area contributed by atoms with Crippen molar-refractivity contribution in [2.75, 3.05) is 0 Å². The molecule has 1 unspecified atom stereocenters. The Labute approximate surface area is 287 Å². The Kier molecular flexibility index (Phi) is 9.00. The maximum atomic E-state index is 13.5. The molecule has 0 aliphatic rings. The summed E-state index contributed by atoms with van der Waals surface area (Å²) < 4.78 is 2.17. The molecule has 5 heteroatoms. The first-order valence-corrected chi connectivity index (χ1v) is 16.6. The normalized spacial score (nSPS) is 12.3. The number of aromatic nitrogens is 2. The van der Waals surface area contributed by atoms with E-state index in [1.807, 2.05) is 79.1 Å². The number of carbonyl (C=O) groups excluding carboxylic acids is 1. The standard InChI is InChI=1S/C44H38N4O/c45-42(49)41(47-43(34-19-7-1-8-20-34,35-21-9-2-10-22-35)36-23-11-3-12-24-36)31-40-32-48(33-46-40)44(37-25-13-4-14-26-37,38-27-15-5-16-28-38)39-29-17-6-18-30-39/h1-30,32-33,41,47H,31H2,(H2,45,49). The predicted molar refractivity (Wildman–Crippen MR) is 196 cm³/mol. The van der Waals surface area contributed by atoms with Crippen LogP contribution in [0, 0.1) is 0 Å². The highest BCUT2D eigenvalue weighted by molar-refractivity contribution is 5.80. The maximum Gasteiger partial charge on any atom is 0.235 e. The zero-order valence-corrected chi connectivity index (χ0v) is 27.1. The summed E-state index contributed by atoms with van der Waals surface area (Å²) in [4.78, 5) is 18.4. The van der Waals surface area contributed by atoms with E-state index in [4.69, 9.17) is 10.7 Å². The van der Waals surface area contributed by atoms with E-state index in [0.29, 0.717) is 0 Å². The Morgan fingerprint density at radius 2 is 0.878 bits per heavy atom. The summed E-state index contributed by atoms with van der Waals surface area (Å²) in [6, 6.07) is 61.3. The van der Waals surface area contributed by atoms with Crippen LogP contribution in [-0.2, 0) is 22.3 Å². The van der Waals surface area contributed by atoms with Crippen LogP contribution in [0.25, 0.3) is 0 Å². The lowest BCUT2D eigenvalue weighted by Crippen LogP contribution is -2.55. The summed E-state index contributed by atoms with van der Waals surface area (Å²) in [5, 5.41) is 3.78. The lowest BCUT2D eigenvalue weighted by molar-refractivity contribution is -0.120. The van der Waals surface area contributed by atoms with Gasteiger partial charge in [0.25, 0.3) is 0 Å². The number of nitrogens with one attached hydrogen (secondary N) is 1. The number of hydrogen-bond donors (Lipinski definition) is 2. The summed E-state index contributed by atoms with van der Waals surface area (Å²) in [6.07, 6.45) is 4.21. The van der Waals surface area contributed by atoms with Crippen molar-refractivity contribution in [1.29, 1.82) is 0 Å². The van der Waals surface area contributed by atoms with Crippen molar-refractivity contribution in [3.63, 3.8) is 0 Å². The van der Waals surface area contributed by atoms with Gasteiger partial charge in [0.1, 0.15) is 5.54 Å². The van der Waals surface area contributed by atoms with Crippen molar-refractivity contribution in [3.05, 3.63) is 234 Å². The van der Waals surface area contributed by atoms with Crippen LogP contribution in [-0.4, -0.2) is 21.5 Å². The molecule has 0 aliphatic carbocycles.